The van der Waals surface area contributed by atoms with Gasteiger partial charge in [0.15, 0.2) is 9.84 Å². The van der Waals surface area contributed by atoms with Crippen LogP contribution in [0, 0.1) is 0 Å². The second-order valence-electron chi connectivity index (χ2n) is 4.53. The van der Waals surface area contributed by atoms with Crippen molar-refractivity contribution in [3.8, 4) is 0 Å². The summed E-state index contributed by atoms with van der Waals surface area (Å²) in [7, 11) is -3.17. The van der Waals surface area contributed by atoms with Gasteiger partial charge in [-0.2, -0.15) is 11.8 Å². The fourth-order valence-corrected chi connectivity index (χ4v) is 5.37. The second kappa shape index (κ2) is 6.51. The number of hydrogen-bond donors (Lipinski definition) is 1. The zero-order valence-corrected chi connectivity index (χ0v) is 13.6. The summed E-state index contributed by atoms with van der Waals surface area (Å²) in [5, 5.41) is -0.101. The Hall–Kier alpha value is -0.500. The van der Waals surface area contributed by atoms with Crippen molar-refractivity contribution in [3.63, 3.8) is 0 Å². The Morgan fingerprint density at radius 2 is 2.35 bits per heavy atom. The molecule has 2 rings (SSSR count). The fourth-order valence-electron chi connectivity index (χ4n) is 2.11. The predicted octanol–water partition coefficient (Wildman–Crippen LogP) is 1.51. The van der Waals surface area contributed by atoms with E-state index in [1.165, 1.54) is 0 Å². The van der Waals surface area contributed by atoms with Crippen LogP contribution in [0.2, 0.25) is 5.02 Å². The minimum Gasteiger partial charge on any atom is -0.337 e. The van der Waals surface area contributed by atoms with Crippen LogP contribution < -0.4 is 10.6 Å². The summed E-state index contributed by atoms with van der Waals surface area (Å²) in [6.07, 6.45) is 1.65. The van der Waals surface area contributed by atoms with E-state index in [-0.39, 0.29) is 5.75 Å². The molecule has 20 heavy (non-hydrogen) atoms. The third-order valence-electron chi connectivity index (χ3n) is 3.29. The summed E-state index contributed by atoms with van der Waals surface area (Å²) in [5.74, 6) is 2.07. The van der Waals surface area contributed by atoms with Crippen molar-refractivity contribution in [1.82, 2.24) is 4.98 Å². The molecule has 0 spiro atoms. The minimum atomic E-state index is -3.17. The van der Waals surface area contributed by atoms with Crippen molar-refractivity contribution in [2.75, 3.05) is 28.7 Å². The van der Waals surface area contributed by atoms with Gasteiger partial charge in [-0.1, -0.05) is 18.5 Å². The molecular weight excluding hydrogens is 318 g/mol. The largest absolute Gasteiger partial charge is 0.337 e. The number of aromatic nitrogens is 1. The quantitative estimate of drug-likeness (QED) is 0.898. The van der Waals surface area contributed by atoms with E-state index in [1.807, 2.05) is 0 Å². The first-order valence-corrected chi connectivity index (χ1v) is 9.65. The molecule has 1 aromatic heterocycles. The maximum atomic E-state index is 12.2. The average Bonchev–Trinajstić information content (AvgIpc) is 2.47. The number of nitrogens with two attached hydrogens (primary N) is 1. The maximum absolute atomic E-state index is 12.2. The van der Waals surface area contributed by atoms with Crippen molar-refractivity contribution in [2.24, 2.45) is 5.73 Å². The number of anilines is 1. The van der Waals surface area contributed by atoms with Crippen LogP contribution in [0.4, 0.5) is 5.82 Å². The number of halogens is 1. The van der Waals surface area contributed by atoms with E-state index in [4.69, 9.17) is 17.3 Å². The SMILES string of the molecule is CCS(=O)(=O)C1CSCCN1c1ncc(CN)cc1Cl. The van der Waals surface area contributed by atoms with Crippen LogP contribution in [-0.2, 0) is 16.4 Å². The number of pyridine rings is 1. The first-order valence-electron chi connectivity index (χ1n) is 6.40. The van der Waals surface area contributed by atoms with Crippen molar-refractivity contribution in [2.45, 2.75) is 18.8 Å². The van der Waals surface area contributed by atoms with Gasteiger partial charge < -0.3 is 10.6 Å². The van der Waals surface area contributed by atoms with Gasteiger partial charge in [0.05, 0.1) is 5.02 Å². The second-order valence-corrected chi connectivity index (χ2v) is 8.53. The number of sulfone groups is 1. The average molecular weight is 336 g/mol. The molecule has 0 bridgehead atoms. The van der Waals surface area contributed by atoms with Crippen LogP contribution in [-0.4, -0.2) is 42.6 Å². The molecule has 2 N–H and O–H groups in total. The zero-order chi connectivity index (χ0) is 14.8. The Labute approximate surface area is 128 Å². The molecular formula is C12H18ClN3O2S2. The van der Waals surface area contributed by atoms with Gasteiger partial charge in [-0.25, -0.2) is 13.4 Å². The molecule has 1 aromatic rings. The van der Waals surface area contributed by atoms with E-state index in [0.29, 0.717) is 29.7 Å². The standard InChI is InChI=1S/C12H18ClN3O2S2/c1-2-20(17,18)11-8-19-4-3-16(11)12-10(13)5-9(6-14)7-15-12/h5,7,11H,2-4,6,8,14H2,1H3. The van der Waals surface area contributed by atoms with E-state index in [0.717, 1.165) is 11.3 Å². The van der Waals surface area contributed by atoms with Crippen molar-refractivity contribution in [1.29, 1.82) is 0 Å². The Morgan fingerprint density at radius 3 is 2.95 bits per heavy atom. The first-order chi connectivity index (χ1) is 9.49. The fraction of sp³-hybridized carbons (Fsp3) is 0.583. The lowest BCUT2D eigenvalue weighted by atomic mass is 10.3. The summed E-state index contributed by atoms with van der Waals surface area (Å²) in [6.45, 7) is 2.65. The predicted molar refractivity (Wildman–Crippen MR) is 85.1 cm³/mol. The Bertz CT molecular complexity index is 580. The third-order valence-corrected chi connectivity index (χ3v) is 6.85. The van der Waals surface area contributed by atoms with Gasteiger partial charge in [0.2, 0.25) is 0 Å². The van der Waals surface area contributed by atoms with Gasteiger partial charge in [0.25, 0.3) is 0 Å². The molecule has 0 aliphatic carbocycles. The lowest BCUT2D eigenvalue weighted by Crippen LogP contribution is -2.48. The molecule has 5 nitrogen and oxygen atoms in total. The van der Waals surface area contributed by atoms with Crippen LogP contribution in [0.1, 0.15) is 12.5 Å². The molecule has 1 unspecified atom stereocenters. The Kier molecular flexibility index (Phi) is 5.17. The highest BCUT2D eigenvalue weighted by Gasteiger charge is 2.34. The number of nitrogens with zero attached hydrogens (tertiary/aromatic N) is 2. The molecule has 8 heteroatoms. The molecule has 112 valence electrons. The minimum absolute atomic E-state index is 0.118. The molecule has 0 saturated carbocycles. The highest BCUT2D eigenvalue weighted by Crippen LogP contribution is 2.31. The van der Waals surface area contributed by atoms with E-state index < -0.39 is 15.2 Å². The topological polar surface area (TPSA) is 76.3 Å². The Balaban J connectivity index is 2.38. The smallest absolute Gasteiger partial charge is 0.171 e. The van der Waals surface area contributed by atoms with Gasteiger partial charge in [0.1, 0.15) is 11.2 Å². The summed E-state index contributed by atoms with van der Waals surface area (Å²) in [5.41, 5.74) is 6.39. The van der Waals surface area contributed by atoms with Crippen LogP contribution in [0.5, 0.6) is 0 Å². The lowest BCUT2D eigenvalue weighted by molar-refractivity contribution is 0.579. The van der Waals surface area contributed by atoms with Crippen molar-refractivity contribution in [3.05, 3.63) is 22.8 Å². The van der Waals surface area contributed by atoms with Crippen LogP contribution in [0.3, 0.4) is 0 Å². The Morgan fingerprint density at radius 1 is 1.60 bits per heavy atom. The van der Waals surface area contributed by atoms with Gasteiger partial charge >= 0.3 is 0 Å². The molecule has 1 saturated heterocycles. The van der Waals surface area contributed by atoms with E-state index >= 15 is 0 Å². The molecule has 1 aliphatic heterocycles. The van der Waals surface area contributed by atoms with E-state index in [1.54, 1.807) is 35.8 Å². The van der Waals surface area contributed by atoms with Crippen LogP contribution in [0.25, 0.3) is 0 Å². The van der Waals surface area contributed by atoms with Crippen molar-refractivity contribution >= 4 is 39.0 Å². The van der Waals surface area contributed by atoms with Crippen LogP contribution >= 0.6 is 23.4 Å². The molecule has 1 fully saturated rings. The normalized spacial score (nSPS) is 20.1. The van der Waals surface area contributed by atoms with Gasteiger partial charge in [-0.3, -0.25) is 0 Å². The van der Waals surface area contributed by atoms with Gasteiger partial charge in [0, 0.05) is 36.5 Å². The number of thioether (sulfide) groups is 1. The summed E-state index contributed by atoms with van der Waals surface area (Å²) in [4.78, 5) is 6.11. The van der Waals surface area contributed by atoms with E-state index in [2.05, 4.69) is 4.98 Å². The van der Waals surface area contributed by atoms with Gasteiger partial charge in [-0.15, -0.1) is 0 Å². The molecule has 1 aliphatic rings. The molecule has 0 radical (unpaired) electrons. The maximum Gasteiger partial charge on any atom is 0.171 e. The third kappa shape index (κ3) is 3.21. The first kappa shape index (κ1) is 15.9. The summed E-state index contributed by atoms with van der Waals surface area (Å²) >= 11 is 7.88. The van der Waals surface area contributed by atoms with Crippen molar-refractivity contribution < 1.29 is 8.42 Å². The molecule has 1 atom stereocenters. The summed E-state index contributed by atoms with van der Waals surface area (Å²) < 4.78 is 24.5. The number of hydrogen-bond acceptors (Lipinski definition) is 6. The van der Waals surface area contributed by atoms with Crippen LogP contribution in [0.15, 0.2) is 12.3 Å². The summed E-state index contributed by atoms with van der Waals surface area (Å²) in [6, 6.07) is 1.75. The lowest BCUT2D eigenvalue weighted by Gasteiger charge is -2.36. The zero-order valence-electron chi connectivity index (χ0n) is 11.3. The molecule has 0 amide bonds. The number of rotatable bonds is 4. The highest BCUT2D eigenvalue weighted by atomic mass is 35.5. The monoisotopic (exact) mass is 335 g/mol. The molecule has 0 aromatic carbocycles. The highest BCUT2D eigenvalue weighted by molar-refractivity contribution is 8.01. The molecule has 2 heterocycles. The van der Waals surface area contributed by atoms with Gasteiger partial charge in [-0.05, 0) is 11.6 Å². The van der Waals surface area contributed by atoms with E-state index in [9.17, 15) is 8.42 Å².